The van der Waals surface area contributed by atoms with Gasteiger partial charge in [0.2, 0.25) is 0 Å². The van der Waals surface area contributed by atoms with Crippen LogP contribution in [-0.2, 0) is 0 Å². The van der Waals surface area contributed by atoms with Gasteiger partial charge in [-0.1, -0.05) is 41.5 Å². The van der Waals surface area contributed by atoms with Crippen LogP contribution in [-0.4, -0.2) is 9.55 Å². The molecule has 98 valence electrons. The van der Waals surface area contributed by atoms with Crippen LogP contribution >= 0.6 is 11.3 Å². The molecule has 0 aliphatic carbocycles. The van der Waals surface area contributed by atoms with Crippen LogP contribution in [0.15, 0.2) is 30.9 Å². The quantitative estimate of drug-likeness (QED) is 0.673. The van der Waals surface area contributed by atoms with Crippen LogP contribution in [0.2, 0.25) is 0 Å². The predicted octanol–water partition coefficient (Wildman–Crippen LogP) is 5.32. The molecule has 0 aliphatic heterocycles. The first-order valence-electron chi connectivity index (χ1n) is 6.41. The van der Waals surface area contributed by atoms with Gasteiger partial charge < -0.3 is 0 Å². The molecule has 2 aromatic heterocycles. The van der Waals surface area contributed by atoms with Gasteiger partial charge in [-0.05, 0) is 19.1 Å². The van der Waals surface area contributed by atoms with E-state index < -0.39 is 0 Å². The zero-order chi connectivity index (χ0) is 13.7. The van der Waals surface area contributed by atoms with Crippen molar-refractivity contribution >= 4 is 11.3 Å². The number of hydrogen-bond donors (Lipinski definition) is 0. The second-order valence-corrected chi connectivity index (χ2v) is 3.62. The highest BCUT2D eigenvalue weighted by molar-refractivity contribution is 7.14. The minimum Gasteiger partial charge on any atom is -0.298 e. The van der Waals surface area contributed by atoms with Crippen molar-refractivity contribution in [2.24, 2.45) is 0 Å². The molecule has 0 aromatic carbocycles. The Kier molecular flexibility index (Phi) is 14.0. The Hall–Kier alpha value is -1.09. The maximum atomic E-state index is 3.98. The number of rotatable bonds is 1. The Morgan fingerprint density at radius 3 is 1.94 bits per heavy atom. The molecule has 2 nitrogen and oxygen atoms in total. The molecular weight excluding hydrogens is 228 g/mol. The fraction of sp³-hybridized carbons (Fsp3) is 0.500. The Labute approximate surface area is 110 Å². The van der Waals surface area contributed by atoms with E-state index in [1.807, 2.05) is 58.6 Å². The first-order chi connectivity index (χ1) is 8.36. The molecular formula is C14H26N2S. The average Bonchev–Trinajstić information content (AvgIpc) is 3.07. The lowest BCUT2D eigenvalue weighted by molar-refractivity contribution is 1.09. The maximum absolute atomic E-state index is 3.98. The maximum Gasteiger partial charge on any atom is 0.100 e. The lowest BCUT2D eigenvalue weighted by Gasteiger charge is -1.92. The van der Waals surface area contributed by atoms with Gasteiger partial charge in [0.25, 0.3) is 0 Å². The first-order valence-corrected chi connectivity index (χ1v) is 7.23. The number of hydrogen-bond acceptors (Lipinski definition) is 2. The molecule has 2 heterocycles. The smallest absolute Gasteiger partial charge is 0.100 e. The SMILES string of the molecule is CC.CC.CC.Cc1ccc(-n2ccnc2)s1. The van der Waals surface area contributed by atoms with Crippen molar-refractivity contribution in [3.63, 3.8) is 0 Å². The molecule has 0 aliphatic rings. The molecule has 0 N–H and O–H groups in total. The van der Waals surface area contributed by atoms with Crippen molar-refractivity contribution in [1.82, 2.24) is 9.55 Å². The van der Waals surface area contributed by atoms with Gasteiger partial charge >= 0.3 is 0 Å². The average molecular weight is 254 g/mol. The fourth-order valence-electron chi connectivity index (χ4n) is 0.950. The number of thiophene rings is 1. The molecule has 0 saturated carbocycles. The van der Waals surface area contributed by atoms with E-state index in [1.165, 1.54) is 9.88 Å². The van der Waals surface area contributed by atoms with Crippen LogP contribution in [0.25, 0.3) is 5.00 Å². The third-order valence-electron chi connectivity index (χ3n) is 1.49. The molecule has 0 saturated heterocycles. The zero-order valence-electron chi connectivity index (χ0n) is 12.2. The van der Waals surface area contributed by atoms with Crippen LogP contribution in [0.3, 0.4) is 0 Å². The minimum atomic E-state index is 1.22. The molecule has 0 bridgehead atoms. The van der Waals surface area contributed by atoms with Gasteiger partial charge in [0, 0.05) is 17.3 Å². The van der Waals surface area contributed by atoms with Crippen LogP contribution in [0.1, 0.15) is 46.4 Å². The fourth-order valence-corrected chi connectivity index (χ4v) is 1.77. The van der Waals surface area contributed by atoms with Gasteiger partial charge in [-0.3, -0.25) is 4.57 Å². The number of aryl methyl sites for hydroxylation is 1. The monoisotopic (exact) mass is 254 g/mol. The van der Waals surface area contributed by atoms with Gasteiger partial charge in [0.15, 0.2) is 0 Å². The van der Waals surface area contributed by atoms with E-state index >= 15 is 0 Å². The van der Waals surface area contributed by atoms with Gasteiger partial charge in [0.05, 0.1) is 6.33 Å². The molecule has 17 heavy (non-hydrogen) atoms. The second-order valence-electron chi connectivity index (χ2n) is 2.35. The summed E-state index contributed by atoms with van der Waals surface area (Å²) in [5.41, 5.74) is 0. The molecule has 2 aromatic rings. The van der Waals surface area contributed by atoms with Crippen LogP contribution in [0.4, 0.5) is 0 Å². The Morgan fingerprint density at radius 1 is 1.00 bits per heavy atom. The topological polar surface area (TPSA) is 17.8 Å². The van der Waals surface area contributed by atoms with Gasteiger partial charge in [0.1, 0.15) is 5.00 Å². The second kappa shape index (κ2) is 13.0. The van der Waals surface area contributed by atoms with Crippen molar-refractivity contribution in [1.29, 1.82) is 0 Å². The lowest BCUT2D eigenvalue weighted by Crippen LogP contribution is -1.82. The molecule has 0 radical (unpaired) electrons. The van der Waals surface area contributed by atoms with E-state index in [4.69, 9.17) is 0 Å². The highest BCUT2D eigenvalue weighted by Gasteiger charge is 1.96. The summed E-state index contributed by atoms with van der Waals surface area (Å²) >= 11 is 1.77. The molecule has 0 unspecified atom stereocenters. The van der Waals surface area contributed by atoms with E-state index in [0.29, 0.717) is 0 Å². The zero-order valence-corrected chi connectivity index (χ0v) is 13.0. The van der Waals surface area contributed by atoms with E-state index in [2.05, 4.69) is 24.0 Å². The summed E-state index contributed by atoms with van der Waals surface area (Å²) in [5, 5.41) is 1.22. The highest BCUT2D eigenvalue weighted by atomic mass is 32.1. The van der Waals surface area contributed by atoms with Gasteiger partial charge in [-0.15, -0.1) is 11.3 Å². The Balaban J connectivity index is 0. The number of aromatic nitrogens is 2. The lowest BCUT2D eigenvalue weighted by atomic mass is 10.5. The first kappa shape index (κ1) is 18.3. The standard InChI is InChI=1S/C8H8N2S.3C2H6/c1-7-2-3-8(11-7)10-5-4-9-6-10;3*1-2/h2-6H,1H3;3*1-2H3. The highest BCUT2D eigenvalue weighted by Crippen LogP contribution is 2.18. The summed E-state index contributed by atoms with van der Waals surface area (Å²) in [5.74, 6) is 0. The summed E-state index contributed by atoms with van der Waals surface area (Å²) in [6.45, 7) is 14.1. The Morgan fingerprint density at radius 2 is 1.59 bits per heavy atom. The van der Waals surface area contributed by atoms with Crippen molar-refractivity contribution < 1.29 is 0 Å². The normalized spacial score (nSPS) is 7.71. The molecule has 2 rings (SSSR count). The van der Waals surface area contributed by atoms with Crippen molar-refractivity contribution in [3.05, 3.63) is 35.7 Å². The number of nitrogens with zero attached hydrogens (tertiary/aromatic N) is 2. The van der Waals surface area contributed by atoms with Crippen LogP contribution in [0, 0.1) is 6.92 Å². The number of imidazole rings is 1. The summed E-state index contributed by atoms with van der Waals surface area (Å²) in [6, 6.07) is 4.21. The molecule has 0 spiro atoms. The summed E-state index contributed by atoms with van der Waals surface area (Å²) in [4.78, 5) is 5.30. The van der Waals surface area contributed by atoms with Crippen molar-refractivity contribution in [2.45, 2.75) is 48.5 Å². The van der Waals surface area contributed by atoms with E-state index in [9.17, 15) is 0 Å². The van der Waals surface area contributed by atoms with E-state index in [-0.39, 0.29) is 0 Å². The third-order valence-corrected chi connectivity index (χ3v) is 2.50. The molecule has 0 fully saturated rings. The van der Waals surface area contributed by atoms with Crippen LogP contribution in [0.5, 0.6) is 0 Å². The minimum absolute atomic E-state index is 1.22. The van der Waals surface area contributed by atoms with E-state index in [0.717, 1.165) is 0 Å². The predicted molar refractivity (Wildman–Crippen MR) is 80.2 cm³/mol. The summed E-state index contributed by atoms with van der Waals surface area (Å²) < 4.78 is 2.01. The van der Waals surface area contributed by atoms with E-state index in [1.54, 1.807) is 17.5 Å². The van der Waals surface area contributed by atoms with Crippen molar-refractivity contribution in [2.75, 3.05) is 0 Å². The van der Waals surface area contributed by atoms with Gasteiger partial charge in [-0.2, -0.15) is 0 Å². The third kappa shape index (κ3) is 6.95. The van der Waals surface area contributed by atoms with Gasteiger partial charge in [-0.25, -0.2) is 4.98 Å². The Bertz CT molecular complexity index is 337. The molecule has 0 atom stereocenters. The molecule has 0 amide bonds. The summed E-state index contributed by atoms with van der Waals surface area (Å²) in [6.07, 6.45) is 5.55. The van der Waals surface area contributed by atoms with Crippen molar-refractivity contribution in [3.8, 4) is 5.00 Å². The van der Waals surface area contributed by atoms with Crippen LogP contribution < -0.4 is 0 Å². The molecule has 3 heteroatoms. The largest absolute Gasteiger partial charge is 0.298 e. The summed E-state index contributed by atoms with van der Waals surface area (Å²) in [7, 11) is 0.